The lowest BCUT2D eigenvalue weighted by Crippen LogP contribution is -2.16. The molecular formula is C11H15ClF2N2. The Morgan fingerprint density at radius 1 is 1.31 bits per heavy atom. The number of hydrogen-bond donors (Lipinski definition) is 1. The van der Waals surface area contributed by atoms with Gasteiger partial charge in [0.2, 0.25) is 0 Å². The Hall–Kier alpha value is -0.870. The van der Waals surface area contributed by atoms with Crippen molar-refractivity contribution < 1.29 is 8.78 Å². The maximum atomic E-state index is 13.3. The predicted octanol–water partition coefficient (Wildman–Crippen LogP) is 2.98. The number of anilines is 1. The lowest BCUT2D eigenvalue weighted by molar-refractivity contribution is 0.405. The van der Waals surface area contributed by atoms with E-state index in [4.69, 9.17) is 11.6 Å². The fourth-order valence-corrected chi connectivity index (χ4v) is 1.58. The Balaban J connectivity index is 2.54. The number of hydrogen-bond acceptors (Lipinski definition) is 2. The summed E-state index contributed by atoms with van der Waals surface area (Å²) in [7, 11) is 3.93. The molecule has 0 aromatic heterocycles. The Bertz CT molecular complexity index is 333. The molecule has 0 aliphatic carbocycles. The Kier molecular flexibility index (Phi) is 4.96. The molecule has 0 spiro atoms. The van der Waals surface area contributed by atoms with E-state index in [0.29, 0.717) is 6.54 Å². The average molecular weight is 249 g/mol. The largest absolute Gasteiger partial charge is 0.381 e. The summed E-state index contributed by atoms with van der Waals surface area (Å²) in [5, 5.41) is 2.94. The quantitative estimate of drug-likeness (QED) is 0.806. The van der Waals surface area contributed by atoms with E-state index >= 15 is 0 Å². The molecule has 16 heavy (non-hydrogen) atoms. The van der Waals surface area contributed by atoms with Crippen LogP contribution < -0.4 is 5.32 Å². The van der Waals surface area contributed by atoms with Crippen molar-refractivity contribution in [1.29, 1.82) is 0 Å². The molecule has 5 heteroatoms. The average Bonchev–Trinajstić information content (AvgIpc) is 2.14. The molecule has 1 aromatic carbocycles. The predicted molar refractivity (Wildman–Crippen MR) is 63.0 cm³/mol. The van der Waals surface area contributed by atoms with Crippen molar-refractivity contribution in [2.24, 2.45) is 0 Å². The van der Waals surface area contributed by atoms with Gasteiger partial charge in [-0.2, -0.15) is 0 Å². The molecule has 0 heterocycles. The molecular weight excluding hydrogens is 234 g/mol. The third kappa shape index (κ3) is 3.94. The van der Waals surface area contributed by atoms with Gasteiger partial charge in [0, 0.05) is 12.6 Å². The fourth-order valence-electron chi connectivity index (χ4n) is 1.32. The first-order valence-corrected chi connectivity index (χ1v) is 5.41. The second-order valence-electron chi connectivity index (χ2n) is 3.83. The zero-order chi connectivity index (χ0) is 12.1. The summed E-state index contributed by atoms with van der Waals surface area (Å²) in [6.45, 7) is 1.49. The lowest BCUT2D eigenvalue weighted by atomic mass is 10.3. The van der Waals surface area contributed by atoms with Crippen LogP contribution in [-0.4, -0.2) is 32.1 Å². The summed E-state index contributed by atoms with van der Waals surface area (Å²) in [6.07, 6.45) is 0.861. The van der Waals surface area contributed by atoms with Crippen LogP contribution in [-0.2, 0) is 0 Å². The van der Waals surface area contributed by atoms with Crippen LogP contribution in [0.5, 0.6) is 0 Å². The Morgan fingerprint density at radius 3 is 2.56 bits per heavy atom. The van der Waals surface area contributed by atoms with Gasteiger partial charge >= 0.3 is 0 Å². The molecule has 1 N–H and O–H groups in total. The third-order valence-corrected chi connectivity index (χ3v) is 2.39. The molecule has 0 saturated carbocycles. The molecule has 0 saturated heterocycles. The van der Waals surface area contributed by atoms with Crippen LogP contribution in [0, 0.1) is 11.6 Å². The van der Waals surface area contributed by atoms with E-state index in [9.17, 15) is 8.78 Å². The third-order valence-electron chi connectivity index (χ3n) is 2.09. The van der Waals surface area contributed by atoms with E-state index in [2.05, 4.69) is 5.32 Å². The molecule has 0 radical (unpaired) electrons. The van der Waals surface area contributed by atoms with Gasteiger partial charge in [-0.3, -0.25) is 0 Å². The highest BCUT2D eigenvalue weighted by atomic mass is 35.5. The number of nitrogens with one attached hydrogen (secondary N) is 1. The molecule has 2 nitrogen and oxygen atoms in total. The monoisotopic (exact) mass is 248 g/mol. The van der Waals surface area contributed by atoms with Crippen LogP contribution in [0.1, 0.15) is 6.42 Å². The van der Waals surface area contributed by atoms with Crippen molar-refractivity contribution in [2.45, 2.75) is 6.42 Å². The smallest absolute Gasteiger partial charge is 0.150 e. The zero-order valence-electron chi connectivity index (χ0n) is 9.36. The van der Waals surface area contributed by atoms with E-state index in [0.717, 1.165) is 25.1 Å². The van der Waals surface area contributed by atoms with E-state index in [1.54, 1.807) is 0 Å². The summed E-state index contributed by atoms with van der Waals surface area (Å²) in [5.74, 6) is -1.32. The zero-order valence-corrected chi connectivity index (χ0v) is 10.1. The molecule has 0 unspecified atom stereocenters. The summed E-state index contributed by atoms with van der Waals surface area (Å²) in [6, 6.07) is 1.92. The first-order chi connectivity index (χ1) is 7.50. The molecule has 0 aliphatic heterocycles. The highest BCUT2D eigenvalue weighted by Crippen LogP contribution is 2.26. The number of nitrogens with zero attached hydrogens (tertiary/aromatic N) is 1. The van der Waals surface area contributed by atoms with Gasteiger partial charge in [-0.05, 0) is 33.1 Å². The number of halogens is 3. The van der Waals surface area contributed by atoms with Crippen LogP contribution in [0.3, 0.4) is 0 Å². The van der Waals surface area contributed by atoms with Gasteiger partial charge in [0.25, 0.3) is 0 Å². The molecule has 0 atom stereocenters. The number of benzene rings is 1. The highest BCUT2D eigenvalue weighted by molar-refractivity contribution is 6.33. The summed E-state index contributed by atoms with van der Waals surface area (Å²) in [4.78, 5) is 2.03. The molecule has 0 amide bonds. The van der Waals surface area contributed by atoms with E-state index < -0.39 is 11.6 Å². The van der Waals surface area contributed by atoms with Crippen LogP contribution in [0.2, 0.25) is 5.02 Å². The topological polar surface area (TPSA) is 15.3 Å². The standard InChI is InChI=1S/C11H15ClF2N2/c1-16(2)5-3-4-15-11-9(12)6-8(13)7-10(11)14/h6-7,15H,3-5H2,1-2H3. The number of rotatable bonds is 5. The maximum absolute atomic E-state index is 13.3. The van der Waals surface area contributed by atoms with E-state index in [-0.39, 0.29) is 10.7 Å². The second-order valence-corrected chi connectivity index (χ2v) is 4.24. The van der Waals surface area contributed by atoms with Gasteiger partial charge in [-0.25, -0.2) is 8.78 Å². The minimum absolute atomic E-state index is 0.0716. The summed E-state index contributed by atoms with van der Waals surface area (Å²) >= 11 is 5.72. The van der Waals surface area contributed by atoms with Crippen LogP contribution in [0.25, 0.3) is 0 Å². The molecule has 0 aliphatic rings. The first kappa shape index (κ1) is 13.2. The highest BCUT2D eigenvalue weighted by Gasteiger charge is 2.08. The van der Waals surface area contributed by atoms with Gasteiger partial charge < -0.3 is 10.2 Å². The Morgan fingerprint density at radius 2 is 2.00 bits per heavy atom. The lowest BCUT2D eigenvalue weighted by Gasteiger charge is -2.12. The normalized spacial score (nSPS) is 10.9. The van der Waals surface area contributed by atoms with Crippen molar-refractivity contribution in [2.75, 3.05) is 32.5 Å². The Labute approximate surface area is 99.2 Å². The SMILES string of the molecule is CN(C)CCCNc1c(F)cc(F)cc1Cl. The van der Waals surface area contributed by atoms with E-state index in [1.807, 2.05) is 19.0 Å². The van der Waals surface area contributed by atoms with Gasteiger partial charge in [-0.15, -0.1) is 0 Å². The van der Waals surface area contributed by atoms with E-state index in [1.165, 1.54) is 0 Å². The second kappa shape index (κ2) is 6.01. The van der Waals surface area contributed by atoms with Crippen LogP contribution in [0.4, 0.5) is 14.5 Å². The minimum Gasteiger partial charge on any atom is -0.381 e. The summed E-state index contributed by atoms with van der Waals surface area (Å²) in [5.41, 5.74) is 0.168. The molecule has 1 rings (SSSR count). The van der Waals surface area contributed by atoms with Crippen molar-refractivity contribution in [3.63, 3.8) is 0 Å². The van der Waals surface area contributed by atoms with Crippen molar-refractivity contribution in [3.8, 4) is 0 Å². The molecule has 0 fully saturated rings. The van der Waals surface area contributed by atoms with Gasteiger partial charge in [0.15, 0.2) is 5.82 Å². The molecule has 0 bridgehead atoms. The first-order valence-electron chi connectivity index (χ1n) is 5.04. The maximum Gasteiger partial charge on any atom is 0.150 e. The van der Waals surface area contributed by atoms with Crippen LogP contribution in [0.15, 0.2) is 12.1 Å². The van der Waals surface area contributed by atoms with Gasteiger partial charge in [-0.1, -0.05) is 11.6 Å². The summed E-state index contributed by atoms with van der Waals surface area (Å²) < 4.78 is 26.0. The minimum atomic E-state index is -0.665. The van der Waals surface area contributed by atoms with Gasteiger partial charge in [0.05, 0.1) is 10.7 Å². The van der Waals surface area contributed by atoms with Crippen molar-refractivity contribution in [3.05, 3.63) is 28.8 Å². The van der Waals surface area contributed by atoms with Gasteiger partial charge in [0.1, 0.15) is 5.82 Å². The van der Waals surface area contributed by atoms with Crippen molar-refractivity contribution >= 4 is 17.3 Å². The fraction of sp³-hybridized carbons (Fsp3) is 0.455. The van der Waals surface area contributed by atoms with Crippen molar-refractivity contribution in [1.82, 2.24) is 4.90 Å². The van der Waals surface area contributed by atoms with Crippen LogP contribution >= 0.6 is 11.6 Å². The molecule has 1 aromatic rings. The molecule has 90 valence electrons.